The van der Waals surface area contributed by atoms with Crippen molar-refractivity contribution >= 4 is 15.7 Å². The van der Waals surface area contributed by atoms with E-state index in [-0.39, 0.29) is 5.75 Å². The van der Waals surface area contributed by atoms with E-state index in [9.17, 15) is 8.42 Å². The number of sulfonamides is 1. The minimum Gasteiger partial charge on any atom is -0.283 e. The molecule has 6 heteroatoms. The molecule has 0 amide bonds. The third-order valence-corrected chi connectivity index (χ3v) is 4.08. The number of benzene rings is 1. The zero-order chi connectivity index (χ0) is 14.6. The second kappa shape index (κ2) is 5.72. The lowest BCUT2D eigenvalue weighted by Crippen LogP contribution is -2.15. The Labute approximate surface area is 118 Å². The van der Waals surface area contributed by atoms with E-state index in [1.165, 1.54) is 6.20 Å². The Kier molecular flexibility index (Phi) is 4.01. The van der Waals surface area contributed by atoms with Crippen molar-refractivity contribution in [2.45, 2.75) is 6.92 Å². The van der Waals surface area contributed by atoms with Crippen molar-refractivity contribution in [1.29, 1.82) is 5.26 Å². The van der Waals surface area contributed by atoms with Gasteiger partial charge in [0, 0.05) is 18.0 Å². The largest absolute Gasteiger partial charge is 0.283 e. The second-order valence-corrected chi connectivity index (χ2v) is 6.13. The van der Waals surface area contributed by atoms with Crippen LogP contribution in [0.3, 0.4) is 0 Å². The molecule has 102 valence electrons. The lowest BCUT2D eigenvalue weighted by molar-refractivity contribution is 0.602. The molecule has 0 aliphatic carbocycles. The zero-order valence-electron chi connectivity index (χ0n) is 10.9. The van der Waals surface area contributed by atoms with Gasteiger partial charge in [-0.3, -0.25) is 9.71 Å². The Morgan fingerprint density at radius 1 is 1.25 bits per heavy atom. The summed E-state index contributed by atoms with van der Waals surface area (Å²) in [6, 6.07) is 10.5. The first-order valence-corrected chi connectivity index (χ1v) is 7.66. The molecule has 0 fully saturated rings. The molecule has 0 aliphatic heterocycles. The molecule has 0 atom stereocenters. The van der Waals surface area contributed by atoms with Gasteiger partial charge in [0.1, 0.15) is 0 Å². The van der Waals surface area contributed by atoms with Crippen molar-refractivity contribution in [3.8, 4) is 17.2 Å². The lowest BCUT2D eigenvalue weighted by Gasteiger charge is -2.11. The minimum absolute atomic E-state index is 0.00212. The van der Waals surface area contributed by atoms with Crippen molar-refractivity contribution in [1.82, 2.24) is 4.98 Å². The van der Waals surface area contributed by atoms with Crippen molar-refractivity contribution in [2.24, 2.45) is 0 Å². The zero-order valence-corrected chi connectivity index (χ0v) is 11.7. The number of nitriles is 1. The van der Waals surface area contributed by atoms with Crippen LogP contribution in [0.5, 0.6) is 0 Å². The van der Waals surface area contributed by atoms with Gasteiger partial charge in [-0.2, -0.15) is 5.26 Å². The van der Waals surface area contributed by atoms with Crippen LogP contribution < -0.4 is 4.72 Å². The standard InChI is InChI=1S/C14H13N3O2S/c1-2-20(18,19)17-14-7-8-16-10-13(14)12-5-3-11(9-15)4-6-12/h3-8,10H,2H2,1H3,(H,16,17). The monoisotopic (exact) mass is 287 g/mol. The highest BCUT2D eigenvalue weighted by Gasteiger charge is 2.11. The molecule has 0 saturated heterocycles. The molecule has 0 radical (unpaired) electrons. The highest BCUT2D eigenvalue weighted by molar-refractivity contribution is 7.92. The van der Waals surface area contributed by atoms with Crippen LogP contribution in [-0.2, 0) is 10.0 Å². The number of hydrogen-bond acceptors (Lipinski definition) is 4. The van der Waals surface area contributed by atoms with E-state index in [0.29, 0.717) is 16.8 Å². The van der Waals surface area contributed by atoms with Gasteiger partial charge in [-0.25, -0.2) is 8.42 Å². The average molecular weight is 287 g/mol. The lowest BCUT2D eigenvalue weighted by atomic mass is 10.0. The molecular formula is C14H13N3O2S. The van der Waals surface area contributed by atoms with E-state index in [1.807, 2.05) is 6.07 Å². The molecule has 1 heterocycles. The van der Waals surface area contributed by atoms with E-state index in [2.05, 4.69) is 9.71 Å². The molecule has 0 aliphatic rings. The van der Waals surface area contributed by atoms with Gasteiger partial charge in [-0.05, 0) is 30.7 Å². The van der Waals surface area contributed by atoms with Crippen LogP contribution in [-0.4, -0.2) is 19.2 Å². The topological polar surface area (TPSA) is 82.8 Å². The van der Waals surface area contributed by atoms with Gasteiger partial charge in [0.2, 0.25) is 10.0 Å². The highest BCUT2D eigenvalue weighted by atomic mass is 32.2. The quantitative estimate of drug-likeness (QED) is 0.935. The molecule has 1 aromatic carbocycles. The Hall–Kier alpha value is -2.39. The van der Waals surface area contributed by atoms with Crippen molar-refractivity contribution in [3.63, 3.8) is 0 Å². The molecule has 0 spiro atoms. The molecule has 0 saturated carbocycles. The van der Waals surface area contributed by atoms with Crippen LogP contribution in [0.1, 0.15) is 12.5 Å². The summed E-state index contributed by atoms with van der Waals surface area (Å²) >= 11 is 0. The average Bonchev–Trinajstić information content (AvgIpc) is 2.48. The number of rotatable bonds is 4. The third kappa shape index (κ3) is 3.13. The maximum Gasteiger partial charge on any atom is 0.232 e. The predicted molar refractivity (Wildman–Crippen MR) is 77.5 cm³/mol. The highest BCUT2D eigenvalue weighted by Crippen LogP contribution is 2.27. The minimum atomic E-state index is -3.35. The van der Waals surface area contributed by atoms with E-state index in [0.717, 1.165) is 5.56 Å². The SMILES string of the molecule is CCS(=O)(=O)Nc1ccncc1-c1ccc(C#N)cc1. The molecule has 0 unspecified atom stereocenters. The number of hydrogen-bond donors (Lipinski definition) is 1. The number of pyridine rings is 1. The van der Waals surface area contributed by atoms with E-state index in [1.54, 1.807) is 43.5 Å². The van der Waals surface area contributed by atoms with Gasteiger partial charge >= 0.3 is 0 Å². The summed E-state index contributed by atoms with van der Waals surface area (Å²) in [6.07, 6.45) is 3.12. The van der Waals surface area contributed by atoms with Gasteiger partial charge in [0.05, 0.1) is 23.1 Å². The molecule has 1 N–H and O–H groups in total. The Balaban J connectivity index is 2.44. The summed E-state index contributed by atoms with van der Waals surface area (Å²) in [5, 5.41) is 8.78. The van der Waals surface area contributed by atoms with Crippen LogP contribution in [0.4, 0.5) is 5.69 Å². The molecule has 5 nitrogen and oxygen atoms in total. The van der Waals surface area contributed by atoms with Gasteiger partial charge in [0.25, 0.3) is 0 Å². The van der Waals surface area contributed by atoms with Crippen molar-refractivity contribution in [3.05, 3.63) is 48.3 Å². The Bertz CT molecular complexity index is 747. The fourth-order valence-electron chi connectivity index (χ4n) is 1.68. The van der Waals surface area contributed by atoms with Gasteiger partial charge in [0.15, 0.2) is 0 Å². The second-order valence-electron chi connectivity index (χ2n) is 4.12. The van der Waals surface area contributed by atoms with Crippen molar-refractivity contribution in [2.75, 3.05) is 10.5 Å². The van der Waals surface area contributed by atoms with E-state index < -0.39 is 10.0 Å². The first kappa shape index (κ1) is 14.0. The smallest absolute Gasteiger partial charge is 0.232 e. The summed E-state index contributed by atoms with van der Waals surface area (Å²) in [5.41, 5.74) is 2.50. The summed E-state index contributed by atoms with van der Waals surface area (Å²) in [5.74, 6) is 0.00212. The summed E-state index contributed by atoms with van der Waals surface area (Å²) < 4.78 is 25.9. The molecule has 2 aromatic rings. The Morgan fingerprint density at radius 2 is 1.95 bits per heavy atom. The third-order valence-electron chi connectivity index (χ3n) is 2.79. The first-order chi connectivity index (χ1) is 9.55. The van der Waals surface area contributed by atoms with E-state index >= 15 is 0 Å². The number of nitrogens with zero attached hydrogens (tertiary/aromatic N) is 2. The van der Waals surface area contributed by atoms with E-state index in [4.69, 9.17) is 5.26 Å². The molecule has 2 rings (SSSR count). The number of aromatic nitrogens is 1. The normalized spacial score (nSPS) is 10.8. The van der Waals surface area contributed by atoms with Crippen LogP contribution in [0, 0.1) is 11.3 Å². The molecular weight excluding hydrogens is 274 g/mol. The van der Waals surface area contributed by atoms with Crippen LogP contribution >= 0.6 is 0 Å². The van der Waals surface area contributed by atoms with Crippen molar-refractivity contribution < 1.29 is 8.42 Å². The summed E-state index contributed by atoms with van der Waals surface area (Å²) in [6.45, 7) is 1.57. The van der Waals surface area contributed by atoms with Crippen LogP contribution in [0.25, 0.3) is 11.1 Å². The summed E-state index contributed by atoms with van der Waals surface area (Å²) in [7, 11) is -3.35. The maximum absolute atomic E-state index is 11.7. The first-order valence-electron chi connectivity index (χ1n) is 6.01. The Morgan fingerprint density at radius 3 is 2.55 bits per heavy atom. The molecule has 20 heavy (non-hydrogen) atoms. The number of nitrogens with one attached hydrogen (secondary N) is 1. The summed E-state index contributed by atoms with van der Waals surface area (Å²) in [4.78, 5) is 4.02. The predicted octanol–water partition coefficient (Wildman–Crippen LogP) is 2.38. The van der Waals surface area contributed by atoms with Crippen LogP contribution in [0.15, 0.2) is 42.7 Å². The number of anilines is 1. The molecule has 1 aromatic heterocycles. The van der Waals surface area contributed by atoms with Crippen LogP contribution in [0.2, 0.25) is 0 Å². The van der Waals surface area contributed by atoms with Gasteiger partial charge in [-0.1, -0.05) is 12.1 Å². The fraction of sp³-hybridized carbons (Fsp3) is 0.143. The molecule has 0 bridgehead atoms. The maximum atomic E-state index is 11.7. The van der Waals surface area contributed by atoms with Gasteiger partial charge in [-0.15, -0.1) is 0 Å². The fourth-order valence-corrected chi connectivity index (χ4v) is 2.33. The van der Waals surface area contributed by atoms with Gasteiger partial charge < -0.3 is 0 Å².